The Morgan fingerprint density at radius 2 is 1.77 bits per heavy atom. The summed E-state index contributed by atoms with van der Waals surface area (Å²) in [5, 5.41) is 15.1. The zero-order chi connectivity index (χ0) is 18.5. The molecule has 0 atom stereocenters. The Morgan fingerprint density at radius 1 is 1.04 bits per heavy atom. The molecular weight excluding hydrogens is 326 g/mol. The molecule has 0 saturated carbocycles. The number of hydrogen-bond acceptors (Lipinski definition) is 5. The quantitative estimate of drug-likeness (QED) is 0.748. The average Bonchev–Trinajstić information content (AvgIpc) is 2.65. The van der Waals surface area contributed by atoms with Gasteiger partial charge in [-0.2, -0.15) is 5.26 Å². The molecule has 26 heavy (non-hydrogen) atoms. The van der Waals surface area contributed by atoms with Crippen LogP contribution in [0, 0.1) is 25.2 Å². The number of carbonyl (C=O) groups excluding carboxylic acids is 1. The van der Waals surface area contributed by atoms with Crippen LogP contribution in [-0.2, 0) is 0 Å². The molecule has 2 N–H and O–H groups in total. The van der Waals surface area contributed by atoms with E-state index in [1.54, 1.807) is 24.3 Å². The van der Waals surface area contributed by atoms with Crippen LogP contribution in [0.15, 0.2) is 54.9 Å². The van der Waals surface area contributed by atoms with Gasteiger partial charge in [0.05, 0.1) is 11.3 Å². The molecule has 128 valence electrons. The highest BCUT2D eigenvalue weighted by Gasteiger charge is 2.12. The fourth-order valence-corrected chi connectivity index (χ4v) is 2.57. The number of nitrogens with zero attached hydrogens (tertiary/aromatic N) is 3. The lowest BCUT2D eigenvalue weighted by atomic mass is 10.1. The second kappa shape index (κ2) is 7.45. The Labute approximate surface area is 151 Å². The van der Waals surface area contributed by atoms with E-state index in [1.807, 2.05) is 38.1 Å². The van der Waals surface area contributed by atoms with Crippen molar-refractivity contribution in [3.8, 4) is 6.07 Å². The van der Waals surface area contributed by atoms with E-state index in [1.165, 1.54) is 6.33 Å². The Balaban J connectivity index is 1.83. The van der Waals surface area contributed by atoms with Gasteiger partial charge in [0, 0.05) is 11.8 Å². The van der Waals surface area contributed by atoms with E-state index in [9.17, 15) is 4.79 Å². The lowest BCUT2D eigenvalue weighted by molar-refractivity contribution is 0.102. The maximum atomic E-state index is 12.6. The van der Waals surface area contributed by atoms with Gasteiger partial charge in [-0.15, -0.1) is 0 Å². The standard InChI is InChI=1S/C20H17N5O/c1-13-6-5-7-14(2)19(13)25-20(26)17-10-18(23-12-22-17)24-16-9-4-3-8-15(16)11-21/h3-10,12H,1-2H3,(H,25,26)(H,22,23,24). The fraction of sp³-hybridized carbons (Fsp3) is 0.100. The van der Waals surface area contributed by atoms with Crippen LogP contribution in [0.25, 0.3) is 0 Å². The third kappa shape index (κ3) is 3.68. The van der Waals surface area contributed by atoms with Crippen LogP contribution in [0.5, 0.6) is 0 Å². The van der Waals surface area contributed by atoms with E-state index >= 15 is 0 Å². The van der Waals surface area contributed by atoms with E-state index in [2.05, 4.69) is 26.7 Å². The van der Waals surface area contributed by atoms with Gasteiger partial charge in [-0.05, 0) is 37.1 Å². The van der Waals surface area contributed by atoms with Crippen molar-refractivity contribution in [1.82, 2.24) is 9.97 Å². The Bertz CT molecular complexity index is 987. The summed E-state index contributed by atoms with van der Waals surface area (Å²) in [6.45, 7) is 3.88. The first-order chi connectivity index (χ1) is 12.6. The second-order valence-electron chi connectivity index (χ2n) is 5.79. The Hall–Kier alpha value is -3.72. The molecule has 0 fully saturated rings. The molecule has 0 aliphatic heterocycles. The maximum absolute atomic E-state index is 12.6. The van der Waals surface area contributed by atoms with Crippen LogP contribution in [0.2, 0.25) is 0 Å². The third-order valence-corrected chi connectivity index (χ3v) is 3.93. The maximum Gasteiger partial charge on any atom is 0.274 e. The summed E-state index contributed by atoms with van der Waals surface area (Å²) in [6.07, 6.45) is 1.32. The molecule has 1 aromatic heterocycles. The molecule has 2 aromatic carbocycles. The summed E-state index contributed by atoms with van der Waals surface area (Å²) >= 11 is 0. The molecule has 0 aliphatic carbocycles. The molecule has 0 spiro atoms. The molecule has 0 bridgehead atoms. The number of amides is 1. The highest BCUT2D eigenvalue weighted by atomic mass is 16.1. The zero-order valence-electron chi connectivity index (χ0n) is 14.4. The van der Waals surface area contributed by atoms with Gasteiger partial charge < -0.3 is 10.6 Å². The first-order valence-corrected chi connectivity index (χ1v) is 8.04. The van der Waals surface area contributed by atoms with E-state index in [0.717, 1.165) is 16.8 Å². The number of nitrogens with one attached hydrogen (secondary N) is 2. The number of carbonyl (C=O) groups is 1. The Morgan fingerprint density at radius 3 is 2.50 bits per heavy atom. The van der Waals surface area contributed by atoms with Gasteiger partial charge in [0.2, 0.25) is 0 Å². The van der Waals surface area contributed by atoms with E-state index < -0.39 is 0 Å². The van der Waals surface area contributed by atoms with Crippen molar-refractivity contribution in [3.63, 3.8) is 0 Å². The first kappa shape index (κ1) is 17.1. The summed E-state index contributed by atoms with van der Waals surface area (Å²) < 4.78 is 0. The van der Waals surface area contributed by atoms with Gasteiger partial charge in [-0.25, -0.2) is 9.97 Å². The number of hydrogen-bond donors (Lipinski definition) is 2. The summed E-state index contributed by atoms with van der Waals surface area (Å²) in [7, 11) is 0. The number of nitriles is 1. The number of para-hydroxylation sites is 2. The molecule has 6 nitrogen and oxygen atoms in total. The van der Waals surface area contributed by atoms with E-state index in [4.69, 9.17) is 5.26 Å². The third-order valence-electron chi connectivity index (χ3n) is 3.93. The average molecular weight is 343 g/mol. The van der Waals surface area contributed by atoms with Crippen molar-refractivity contribution in [2.45, 2.75) is 13.8 Å². The number of aromatic nitrogens is 2. The number of anilines is 3. The van der Waals surface area contributed by atoms with Crippen molar-refractivity contribution >= 4 is 23.1 Å². The summed E-state index contributed by atoms with van der Waals surface area (Å²) in [5.41, 5.74) is 4.09. The van der Waals surface area contributed by atoms with Gasteiger partial charge in [0.15, 0.2) is 0 Å². The monoisotopic (exact) mass is 343 g/mol. The van der Waals surface area contributed by atoms with Crippen molar-refractivity contribution in [2.75, 3.05) is 10.6 Å². The molecule has 0 saturated heterocycles. The van der Waals surface area contributed by atoms with Crippen LogP contribution in [0.1, 0.15) is 27.2 Å². The smallest absolute Gasteiger partial charge is 0.274 e. The lowest BCUT2D eigenvalue weighted by Gasteiger charge is -2.12. The lowest BCUT2D eigenvalue weighted by Crippen LogP contribution is -2.16. The molecular formula is C20H17N5O. The van der Waals surface area contributed by atoms with Crippen LogP contribution in [0.3, 0.4) is 0 Å². The number of aryl methyl sites for hydroxylation is 2. The molecule has 3 aromatic rings. The largest absolute Gasteiger partial charge is 0.339 e. The molecule has 0 radical (unpaired) electrons. The molecule has 1 amide bonds. The highest BCUT2D eigenvalue weighted by molar-refractivity contribution is 6.04. The first-order valence-electron chi connectivity index (χ1n) is 8.04. The van der Waals surface area contributed by atoms with Gasteiger partial charge in [-0.3, -0.25) is 4.79 Å². The second-order valence-corrected chi connectivity index (χ2v) is 5.79. The minimum Gasteiger partial charge on any atom is -0.339 e. The van der Waals surface area contributed by atoms with Gasteiger partial charge in [0.25, 0.3) is 5.91 Å². The molecule has 1 heterocycles. The highest BCUT2D eigenvalue weighted by Crippen LogP contribution is 2.21. The number of benzene rings is 2. The Kier molecular flexibility index (Phi) is 4.90. The SMILES string of the molecule is Cc1cccc(C)c1NC(=O)c1cc(Nc2ccccc2C#N)ncn1. The van der Waals surface area contributed by atoms with E-state index in [0.29, 0.717) is 17.1 Å². The molecule has 0 aliphatic rings. The zero-order valence-corrected chi connectivity index (χ0v) is 14.4. The van der Waals surface area contributed by atoms with Crippen molar-refractivity contribution in [2.24, 2.45) is 0 Å². The predicted octanol–water partition coefficient (Wildman–Crippen LogP) is 3.96. The minimum atomic E-state index is -0.318. The minimum absolute atomic E-state index is 0.236. The van der Waals surface area contributed by atoms with Crippen LogP contribution in [0.4, 0.5) is 17.2 Å². The fourth-order valence-electron chi connectivity index (χ4n) is 2.57. The molecule has 0 unspecified atom stereocenters. The van der Waals surface area contributed by atoms with E-state index in [-0.39, 0.29) is 11.6 Å². The molecule has 3 rings (SSSR count). The van der Waals surface area contributed by atoms with Gasteiger partial charge in [0.1, 0.15) is 23.9 Å². The topological polar surface area (TPSA) is 90.7 Å². The predicted molar refractivity (Wildman–Crippen MR) is 100 cm³/mol. The van der Waals surface area contributed by atoms with Crippen LogP contribution in [-0.4, -0.2) is 15.9 Å². The van der Waals surface area contributed by atoms with Gasteiger partial charge in [-0.1, -0.05) is 30.3 Å². The van der Waals surface area contributed by atoms with Gasteiger partial charge >= 0.3 is 0 Å². The van der Waals surface area contributed by atoms with Crippen molar-refractivity contribution in [3.05, 3.63) is 77.2 Å². The van der Waals surface area contributed by atoms with Crippen molar-refractivity contribution in [1.29, 1.82) is 5.26 Å². The normalized spacial score (nSPS) is 10.0. The molecule has 6 heteroatoms. The summed E-state index contributed by atoms with van der Waals surface area (Å²) in [4.78, 5) is 20.7. The summed E-state index contributed by atoms with van der Waals surface area (Å²) in [6, 6.07) is 16.6. The summed E-state index contributed by atoms with van der Waals surface area (Å²) in [5.74, 6) is 0.121. The van der Waals surface area contributed by atoms with Crippen LogP contribution < -0.4 is 10.6 Å². The van der Waals surface area contributed by atoms with Crippen LogP contribution >= 0.6 is 0 Å². The number of rotatable bonds is 4. The van der Waals surface area contributed by atoms with Crippen molar-refractivity contribution < 1.29 is 4.79 Å².